The van der Waals surface area contributed by atoms with Crippen molar-refractivity contribution in [2.45, 2.75) is 24.5 Å². The second-order valence-corrected chi connectivity index (χ2v) is 5.58. The molecule has 0 aromatic heterocycles. The SMILES string of the molecule is O=C(c1cccc(Br)c1)N1N=C(C(F)(F)F)CC1(O)C(F)(F)F. The Hall–Kier alpha value is -1.62. The lowest BCUT2D eigenvalue weighted by molar-refractivity contribution is -0.297. The van der Waals surface area contributed by atoms with E-state index < -0.39 is 41.1 Å². The van der Waals surface area contributed by atoms with E-state index in [0.29, 0.717) is 4.47 Å². The first-order valence-corrected chi connectivity index (χ1v) is 6.69. The van der Waals surface area contributed by atoms with E-state index in [1.807, 2.05) is 0 Å². The second-order valence-electron chi connectivity index (χ2n) is 4.66. The van der Waals surface area contributed by atoms with Crippen LogP contribution in [0.3, 0.4) is 0 Å². The Morgan fingerprint density at radius 3 is 2.35 bits per heavy atom. The zero-order valence-corrected chi connectivity index (χ0v) is 12.5. The van der Waals surface area contributed by atoms with Crippen molar-refractivity contribution in [3.8, 4) is 0 Å². The van der Waals surface area contributed by atoms with E-state index in [9.17, 15) is 36.2 Å². The number of alkyl halides is 6. The van der Waals surface area contributed by atoms with Gasteiger partial charge in [-0.25, -0.2) is 0 Å². The summed E-state index contributed by atoms with van der Waals surface area (Å²) in [6.07, 6.45) is -12.6. The third kappa shape index (κ3) is 3.20. The Labute approximate surface area is 133 Å². The number of hydrogen-bond acceptors (Lipinski definition) is 3. The zero-order valence-electron chi connectivity index (χ0n) is 10.9. The third-order valence-corrected chi connectivity index (χ3v) is 3.52. The molecule has 1 aliphatic heterocycles. The topological polar surface area (TPSA) is 52.9 Å². The van der Waals surface area contributed by atoms with E-state index in [1.54, 1.807) is 0 Å². The van der Waals surface area contributed by atoms with Gasteiger partial charge in [-0.3, -0.25) is 4.79 Å². The Kier molecular flexibility index (Phi) is 4.22. The van der Waals surface area contributed by atoms with Crippen LogP contribution < -0.4 is 0 Å². The first-order valence-electron chi connectivity index (χ1n) is 5.90. The zero-order chi connectivity index (χ0) is 17.6. The molecule has 1 heterocycles. The van der Waals surface area contributed by atoms with Gasteiger partial charge >= 0.3 is 12.4 Å². The lowest BCUT2D eigenvalue weighted by Crippen LogP contribution is -2.56. The number of halogens is 7. The molecule has 1 N–H and O–H groups in total. The summed E-state index contributed by atoms with van der Waals surface area (Å²) in [7, 11) is 0. The normalized spacial score (nSPS) is 22.3. The predicted molar refractivity (Wildman–Crippen MR) is 69.4 cm³/mol. The highest BCUT2D eigenvalue weighted by molar-refractivity contribution is 9.10. The van der Waals surface area contributed by atoms with Crippen LogP contribution in [0, 0.1) is 0 Å². The Morgan fingerprint density at radius 2 is 1.87 bits per heavy atom. The molecule has 1 atom stereocenters. The summed E-state index contributed by atoms with van der Waals surface area (Å²) in [5, 5.41) is 11.8. The summed E-state index contributed by atoms with van der Waals surface area (Å²) >= 11 is 2.98. The van der Waals surface area contributed by atoms with Crippen LogP contribution >= 0.6 is 15.9 Å². The van der Waals surface area contributed by atoms with E-state index >= 15 is 0 Å². The van der Waals surface area contributed by atoms with Gasteiger partial charge in [0, 0.05) is 10.0 Å². The lowest BCUT2D eigenvalue weighted by atomic mass is 10.1. The van der Waals surface area contributed by atoms with Gasteiger partial charge in [0.25, 0.3) is 11.6 Å². The first-order chi connectivity index (χ1) is 10.4. The third-order valence-electron chi connectivity index (χ3n) is 3.03. The van der Waals surface area contributed by atoms with E-state index in [4.69, 9.17) is 0 Å². The van der Waals surface area contributed by atoms with Gasteiger partial charge in [-0.05, 0) is 18.2 Å². The van der Waals surface area contributed by atoms with Crippen LogP contribution in [0.4, 0.5) is 26.3 Å². The molecule has 1 aliphatic rings. The standard InChI is InChI=1S/C12H7BrF6N2O2/c13-7-3-1-2-6(4-7)9(22)21-10(23,12(17,18)19)5-8(20-21)11(14,15)16/h1-4,23H,5H2. The quantitative estimate of drug-likeness (QED) is 0.728. The van der Waals surface area contributed by atoms with E-state index in [0.717, 1.165) is 12.1 Å². The minimum Gasteiger partial charge on any atom is -0.362 e. The maximum atomic E-state index is 13.0. The molecule has 0 bridgehead atoms. The minimum absolute atomic E-state index is 0.318. The minimum atomic E-state index is -5.52. The molecular formula is C12H7BrF6N2O2. The second kappa shape index (κ2) is 5.48. The van der Waals surface area contributed by atoms with E-state index in [2.05, 4.69) is 21.0 Å². The molecule has 11 heteroatoms. The maximum absolute atomic E-state index is 13.0. The summed E-state index contributed by atoms with van der Waals surface area (Å²) in [4.78, 5) is 12.1. The van der Waals surface area contributed by atoms with Crippen molar-refractivity contribution < 1.29 is 36.2 Å². The monoisotopic (exact) mass is 404 g/mol. The van der Waals surface area contributed by atoms with Crippen LogP contribution in [0.15, 0.2) is 33.8 Å². The molecule has 0 saturated heterocycles. The fourth-order valence-corrected chi connectivity index (χ4v) is 2.28. The molecule has 0 radical (unpaired) electrons. The Balaban J connectivity index is 2.50. The highest BCUT2D eigenvalue weighted by Gasteiger charge is 2.66. The molecule has 126 valence electrons. The molecule has 0 fully saturated rings. The fraction of sp³-hybridized carbons (Fsp3) is 0.333. The van der Waals surface area contributed by atoms with Crippen molar-refractivity contribution in [2.75, 3.05) is 0 Å². The van der Waals surface area contributed by atoms with Crippen molar-refractivity contribution >= 4 is 27.5 Å². The lowest BCUT2D eigenvalue weighted by Gasteiger charge is -2.32. The number of hydrazone groups is 1. The van der Waals surface area contributed by atoms with Gasteiger partial charge in [-0.15, -0.1) is 0 Å². The molecule has 23 heavy (non-hydrogen) atoms. The van der Waals surface area contributed by atoms with Gasteiger partial charge < -0.3 is 5.11 Å². The van der Waals surface area contributed by atoms with Crippen molar-refractivity contribution in [2.24, 2.45) is 5.10 Å². The number of aliphatic hydroxyl groups is 1. The van der Waals surface area contributed by atoms with Crippen LogP contribution in [0.5, 0.6) is 0 Å². The van der Waals surface area contributed by atoms with Crippen molar-refractivity contribution in [3.63, 3.8) is 0 Å². The molecular weight excluding hydrogens is 398 g/mol. The van der Waals surface area contributed by atoms with Gasteiger partial charge in [0.15, 0.2) is 0 Å². The average molecular weight is 405 g/mol. The van der Waals surface area contributed by atoms with Gasteiger partial charge in [0.2, 0.25) is 0 Å². The number of carbonyl (C=O) groups excluding carboxylic acids is 1. The molecule has 2 rings (SSSR count). The number of hydrogen-bond donors (Lipinski definition) is 1. The van der Waals surface area contributed by atoms with Gasteiger partial charge in [0.1, 0.15) is 5.71 Å². The maximum Gasteiger partial charge on any atom is 0.438 e. The van der Waals surface area contributed by atoms with Crippen molar-refractivity contribution in [3.05, 3.63) is 34.3 Å². The summed E-state index contributed by atoms with van der Waals surface area (Å²) in [6.45, 7) is 0. The summed E-state index contributed by atoms with van der Waals surface area (Å²) in [5.41, 5.74) is -6.31. The predicted octanol–water partition coefficient (Wildman–Crippen LogP) is 3.46. The van der Waals surface area contributed by atoms with Crippen molar-refractivity contribution in [1.82, 2.24) is 5.01 Å². The highest BCUT2D eigenvalue weighted by Crippen LogP contribution is 2.43. The smallest absolute Gasteiger partial charge is 0.362 e. The van der Waals surface area contributed by atoms with Gasteiger partial charge in [0.05, 0.1) is 6.42 Å². The number of nitrogens with zero attached hydrogens (tertiary/aromatic N) is 2. The van der Waals surface area contributed by atoms with Crippen LogP contribution in [0.25, 0.3) is 0 Å². The summed E-state index contributed by atoms with van der Waals surface area (Å²) < 4.78 is 77.3. The molecule has 1 amide bonds. The molecule has 0 aliphatic carbocycles. The van der Waals surface area contributed by atoms with E-state index in [-0.39, 0.29) is 5.56 Å². The molecule has 4 nitrogen and oxygen atoms in total. The van der Waals surface area contributed by atoms with Crippen LogP contribution in [0.2, 0.25) is 0 Å². The molecule has 1 aromatic rings. The number of carbonyl (C=O) groups is 1. The summed E-state index contributed by atoms with van der Waals surface area (Å²) in [5.74, 6) is -1.51. The van der Waals surface area contributed by atoms with Gasteiger partial charge in [-0.1, -0.05) is 22.0 Å². The number of rotatable bonds is 1. The van der Waals surface area contributed by atoms with Crippen LogP contribution in [0.1, 0.15) is 16.8 Å². The average Bonchev–Trinajstić information content (AvgIpc) is 2.77. The number of benzene rings is 1. The molecule has 0 saturated carbocycles. The largest absolute Gasteiger partial charge is 0.438 e. The van der Waals surface area contributed by atoms with Crippen LogP contribution in [-0.4, -0.2) is 39.8 Å². The van der Waals surface area contributed by atoms with Gasteiger partial charge in [-0.2, -0.15) is 36.5 Å². The molecule has 1 aromatic carbocycles. The Bertz CT molecular complexity index is 672. The van der Waals surface area contributed by atoms with E-state index in [1.165, 1.54) is 12.1 Å². The van der Waals surface area contributed by atoms with Crippen LogP contribution in [-0.2, 0) is 0 Å². The fourth-order valence-electron chi connectivity index (χ4n) is 1.88. The Morgan fingerprint density at radius 1 is 1.26 bits per heavy atom. The molecule has 0 spiro atoms. The first kappa shape index (κ1) is 17.7. The molecule has 1 unspecified atom stereocenters. The van der Waals surface area contributed by atoms with Crippen molar-refractivity contribution in [1.29, 1.82) is 0 Å². The highest BCUT2D eigenvalue weighted by atomic mass is 79.9. The summed E-state index contributed by atoms with van der Waals surface area (Å²) in [6, 6.07) is 4.95. The number of amides is 1.